The summed E-state index contributed by atoms with van der Waals surface area (Å²) in [6.07, 6.45) is 4.31. The SMILES string of the molecule is CCN1CCC[C@@H]1CNC(=O)c1ccc(NC2CC2)c([N+](=O)[O-])c1. The van der Waals surface area contributed by atoms with Gasteiger partial charge in [-0.05, 0) is 50.9 Å². The van der Waals surface area contributed by atoms with Crippen LogP contribution in [0.5, 0.6) is 0 Å². The minimum Gasteiger partial charge on any atom is -0.377 e. The Balaban J connectivity index is 1.65. The lowest BCUT2D eigenvalue weighted by Crippen LogP contribution is -2.40. The van der Waals surface area contributed by atoms with Gasteiger partial charge in [0.1, 0.15) is 5.69 Å². The molecule has 7 heteroatoms. The maximum atomic E-state index is 12.3. The molecule has 1 aliphatic heterocycles. The fourth-order valence-corrected chi connectivity index (χ4v) is 3.25. The van der Waals surface area contributed by atoms with E-state index in [9.17, 15) is 14.9 Å². The molecule has 1 aliphatic carbocycles. The number of benzene rings is 1. The predicted molar refractivity (Wildman–Crippen MR) is 92.3 cm³/mol. The average Bonchev–Trinajstić information content (AvgIpc) is 3.27. The third-order valence-corrected chi connectivity index (χ3v) is 4.80. The predicted octanol–water partition coefficient (Wildman–Crippen LogP) is 2.38. The molecule has 0 bridgehead atoms. The van der Waals surface area contributed by atoms with E-state index in [0.29, 0.717) is 29.9 Å². The number of carbonyl (C=O) groups is 1. The molecule has 0 spiro atoms. The van der Waals surface area contributed by atoms with Crippen molar-refractivity contribution in [1.82, 2.24) is 10.2 Å². The monoisotopic (exact) mass is 332 g/mol. The molecule has 2 aliphatic rings. The van der Waals surface area contributed by atoms with Gasteiger partial charge in [-0.25, -0.2) is 0 Å². The number of nitro groups is 1. The molecule has 1 saturated carbocycles. The highest BCUT2D eigenvalue weighted by atomic mass is 16.6. The van der Waals surface area contributed by atoms with Gasteiger partial charge >= 0.3 is 0 Å². The molecule has 7 nitrogen and oxygen atoms in total. The summed E-state index contributed by atoms with van der Waals surface area (Å²) in [4.78, 5) is 25.5. The molecule has 2 N–H and O–H groups in total. The molecular formula is C17H24N4O3. The van der Waals surface area contributed by atoms with E-state index in [1.807, 2.05) is 0 Å². The van der Waals surface area contributed by atoms with Crippen LogP contribution < -0.4 is 10.6 Å². The minimum absolute atomic E-state index is 0.0365. The Hall–Kier alpha value is -2.15. The molecule has 1 aromatic rings. The zero-order valence-corrected chi connectivity index (χ0v) is 14.0. The van der Waals surface area contributed by atoms with Crippen LogP contribution in [0.25, 0.3) is 0 Å². The Morgan fingerprint density at radius 2 is 2.17 bits per heavy atom. The van der Waals surface area contributed by atoms with Crippen LogP contribution in [-0.2, 0) is 0 Å². The molecule has 1 amide bonds. The van der Waals surface area contributed by atoms with Crippen LogP contribution in [0.15, 0.2) is 18.2 Å². The second kappa shape index (κ2) is 7.17. The highest BCUT2D eigenvalue weighted by Crippen LogP contribution is 2.31. The number of carbonyl (C=O) groups excluding carboxylic acids is 1. The highest BCUT2D eigenvalue weighted by molar-refractivity contribution is 5.95. The van der Waals surface area contributed by atoms with Gasteiger partial charge in [0.2, 0.25) is 0 Å². The number of amides is 1. The van der Waals surface area contributed by atoms with Crippen molar-refractivity contribution >= 4 is 17.3 Å². The van der Waals surface area contributed by atoms with E-state index in [-0.39, 0.29) is 11.6 Å². The van der Waals surface area contributed by atoms with Gasteiger partial charge in [-0.15, -0.1) is 0 Å². The fourth-order valence-electron chi connectivity index (χ4n) is 3.25. The van der Waals surface area contributed by atoms with Crippen LogP contribution in [0, 0.1) is 10.1 Å². The average molecular weight is 332 g/mol. The lowest BCUT2D eigenvalue weighted by molar-refractivity contribution is -0.384. The summed E-state index contributed by atoms with van der Waals surface area (Å²) in [6, 6.07) is 5.35. The third-order valence-electron chi connectivity index (χ3n) is 4.80. The number of nitrogens with zero attached hydrogens (tertiary/aromatic N) is 2. The van der Waals surface area contributed by atoms with E-state index < -0.39 is 4.92 Å². The zero-order chi connectivity index (χ0) is 17.1. The van der Waals surface area contributed by atoms with E-state index in [0.717, 1.165) is 38.8 Å². The largest absolute Gasteiger partial charge is 0.377 e. The molecule has 0 aromatic heterocycles. The summed E-state index contributed by atoms with van der Waals surface area (Å²) in [5.41, 5.74) is 0.793. The van der Waals surface area contributed by atoms with Crippen molar-refractivity contribution < 1.29 is 9.72 Å². The number of nitro benzene ring substituents is 1. The fraction of sp³-hybridized carbons (Fsp3) is 0.588. The van der Waals surface area contributed by atoms with Gasteiger partial charge in [0.15, 0.2) is 0 Å². The van der Waals surface area contributed by atoms with E-state index in [1.165, 1.54) is 6.07 Å². The first kappa shape index (κ1) is 16.7. The molecule has 1 saturated heterocycles. The van der Waals surface area contributed by atoms with Crippen molar-refractivity contribution in [2.75, 3.05) is 25.0 Å². The molecule has 24 heavy (non-hydrogen) atoms. The quantitative estimate of drug-likeness (QED) is 0.591. The van der Waals surface area contributed by atoms with E-state index in [2.05, 4.69) is 22.5 Å². The number of hydrogen-bond donors (Lipinski definition) is 2. The van der Waals surface area contributed by atoms with Gasteiger partial charge in [0, 0.05) is 30.3 Å². The Morgan fingerprint density at radius 1 is 1.38 bits per heavy atom. The van der Waals surface area contributed by atoms with Crippen molar-refractivity contribution in [3.63, 3.8) is 0 Å². The van der Waals surface area contributed by atoms with Crippen LogP contribution in [0.1, 0.15) is 43.0 Å². The lowest BCUT2D eigenvalue weighted by atomic mass is 10.1. The summed E-state index contributed by atoms with van der Waals surface area (Å²) < 4.78 is 0. The maximum absolute atomic E-state index is 12.3. The normalized spacial score (nSPS) is 20.8. The van der Waals surface area contributed by atoms with Crippen LogP contribution in [0.3, 0.4) is 0 Å². The first-order chi connectivity index (χ1) is 11.6. The molecule has 1 heterocycles. The van der Waals surface area contributed by atoms with Crippen molar-refractivity contribution in [1.29, 1.82) is 0 Å². The smallest absolute Gasteiger partial charge is 0.293 e. The molecule has 1 atom stereocenters. The third kappa shape index (κ3) is 3.84. The number of likely N-dealkylation sites (tertiary alicyclic amines) is 1. The molecule has 1 aromatic carbocycles. The molecule has 3 rings (SSSR count). The Kier molecular flexibility index (Phi) is 4.99. The van der Waals surface area contributed by atoms with Crippen molar-refractivity contribution in [2.45, 2.75) is 44.7 Å². The van der Waals surface area contributed by atoms with E-state index in [1.54, 1.807) is 12.1 Å². The molecule has 0 radical (unpaired) electrons. The second-order valence-corrected chi connectivity index (χ2v) is 6.54. The summed E-state index contributed by atoms with van der Waals surface area (Å²) in [5, 5.41) is 17.3. The summed E-state index contributed by atoms with van der Waals surface area (Å²) in [6.45, 7) is 4.76. The van der Waals surface area contributed by atoms with Gasteiger partial charge in [-0.1, -0.05) is 6.92 Å². The van der Waals surface area contributed by atoms with Crippen molar-refractivity contribution in [3.8, 4) is 0 Å². The Morgan fingerprint density at radius 3 is 2.83 bits per heavy atom. The minimum atomic E-state index is -0.433. The zero-order valence-electron chi connectivity index (χ0n) is 14.0. The van der Waals surface area contributed by atoms with Crippen LogP contribution in [0.4, 0.5) is 11.4 Å². The highest BCUT2D eigenvalue weighted by Gasteiger charge is 2.26. The van der Waals surface area contributed by atoms with Gasteiger partial charge in [0.05, 0.1) is 4.92 Å². The van der Waals surface area contributed by atoms with Crippen LogP contribution in [-0.4, -0.2) is 47.4 Å². The van der Waals surface area contributed by atoms with Gasteiger partial charge < -0.3 is 10.6 Å². The lowest BCUT2D eigenvalue weighted by Gasteiger charge is -2.22. The number of nitrogens with one attached hydrogen (secondary N) is 2. The van der Waals surface area contributed by atoms with Gasteiger partial charge in [-0.2, -0.15) is 0 Å². The first-order valence-corrected chi connectivity index (χ1v) is 8.65. The maximum Gasteiger partial charge on any atom is 0.293 e. The Bertz CT molecular complexity index is 630. The van der Waals surface area contributed by atoms with Gasteiger partial charge in [0.25, 0.3) is 11.6 Å². The van der Waals surface area contributed by atoms with Crippen molar-refractivity contribution in [3.05, 3.63) is 33.9 Å². The van der Waals surface area contributed by atoms with E-state index in [4.69, 9.17) is 0 Å². The van der Waals surface area contributed by atoms with Gasteiger partial charge in [-0.3, -0.25) is 19.8 Å². The molecule has 0 unspecified atom stereocenters. The van der Waals surface area contributed by atoms with Crippen LogP contribution in [0.2, 0.25) is 0 Å². The number of likely N-dealkylation sites (N-methyl/N-ethyl adjacent to an activating group) is 1. The molecule has 130 valence electrons. The van der Waals surface area contributed by atoms with Crippen molar-refractivity contribution in [2.24, 2.45) is 0 Å². The van der Waals surface area contributed by atoms with E-state index >= 15 is 0 Å². The first-order valence-electron chi connectivity index (χ1n) is 8.65. The summed E-state index contributed by atoms with van der Waals surface area (Å²) >= 11 is 0. The number of hydrogen-bond acceptors (Lipinski definition) is 5. The second-order valence-electron chi connectivity index (χ2n) is 6.54. The summed E-state index contributed by atoms with van der Waals surface area (Å²) in [5.74, 6) is -0.251. The number of anilines is 1. The van der Waals surface area contributed by atoms with Crippen LogP contribution >= 0.6 is 0 Å². The molecular weight excluding hydrogens is 308 g/mol. The summed E-state index contributed by atoms with van der Waals surface area (Å²) in [7, 11) is 0. The Labute approximate surface area is 141 Å². The topological polar surface area (TPSA) is 87.5 Å². The molecule has 2 fully saturated rings. The standard InChI is InChI=1S/C17H24N4O3/c1-2-20-9-3-4-14(20)11-18-17(22)12-5-8-15(19-13-6-7-13)16(10-12)21(23)24/h5,8,10,13-14,19H,2-4,6-7,9,11H2,1H3,(H,18,22)/t14-/m1/s1. The number of rotatable bonds is 7.